The van der Waals surface area contributed by atoms with Gasteiger partial charge in [-0.3, -0.25) is 10.1 Å². The Bertz CT molecular complexity index is 704. The molecule has 0 unspecified atom stereocenters. The highest BCUT2D eigenvalue weighted by molar-refractivity contribution is 7.98. The normalized spacial score (nSPS) is 13.9. The third kappa shape index (κ3) is 3.17. The molecule has 1 atom stereocenters. The lowest BCUT2D eigenvalue weighted by atomic mass is 10.1. The molecule has 1 aliphatic rings. The van der Waals surface area contributed by atoms with E-state index < -0.39 is 0 Å². The highest BCUT2D eigenvalue weighted by atomic mass is 32.2. The predicted octanol–water partition coefficient (Wildman–Crippen LogP) is 4.32. The topological polar surface area (TPSA) is 61.6 Å². The second-order valence-electron chi connectivity index (χ2n) is 4.99. The maximum Gasteiger partial charge on any atom is 0.269 e. The summed E-state index contributed by atoms with van der Waals surface area (Å²) in [5.41, 5.74) is 2.24. The zero-order valence-corrected chi connectivity index (χ0v) is 12.8. The number of ether oxygens (including phenoxy) is 2. The lowest BCUT2D eigenvalue weighted by Gasteiger charge is -2.11. The minimum Gasteiger partial charge on any atom is -0.454 e. The van der Waals surface area contributed by atoms with E-state index in [1.165, 1.54) is 6.07 Å². The first-order valence-corrected chi connectivity index (χ1v) is 7.93. The molecule has 0 saturated heterocycles. The van der Waals surface area contributed by atoms with Crippen LogP contribution < -0.4 is 9.47 Å². The molecule has 0 amide bonds. The summed E-state index contributed by atoms with van der Waals surface area (Å²) in [6, 6.07) is 12.7. The summed E-state index contributed by atoms with van der Waals surface area (Å²) in [5.74, 6) is 2.36. The second-order valence-corrected chi connectivity index (χ2v) is 6.32. The zero-order chi connectivity index (χ0) is 15.5. The van der Waals surface area contributed by atoms with E-state index >= 15 is 0 Å². The van der Waals surface area contributed by atoms with Gasteiger partial charge in [0.2, 0.25) is 6.79 Å². The fraction of sp³-hybridized carbons (Fsp3) is 0.250. The van der Waals surface area contributed by atoms with Crippen LogP contribution >= 0.6 is 11.8 Å². The van der Waals surface area contributed by atoms with Crippen molar-refractivity contribution in [3.05, 3.63) is 63.7 Å². The van der Waals surface area contributed by atoms with E-state index in [-0.39, 0.29) is 22.7 Å². The van der Waals surface area contributed by atoms with Gasteiger partial charge in [-0.2, -0.15) is 0 Å². The fourth-order valence-electron chi connectivity index (χ4n) is 2.24. The first kappa shape index (κ1) is 14.7. The summed E-state index contributed by atoms with van der Waals surface area (Å²) >= 11 is 1.73. The van der Waals surface area contributed by atoms with Crippen LogP contribution in [0.15, 0.2) is 42.5 Å². The van der Waals surface area contributed by atoms with Crippen molar-refractivity contribution in [2.24, 2.45) is 0 Å². The second kappa shape index (κ2) is 6.27. The summed E-state index contributed by atoms with van der Waals surface area (Å²) in [5, 5.41) is 11.0. The number of non-ortho nitro benzene ring substituents is 1. The first-order chi connectivity index (χ1) is 10.6. The third-order valence-corrected chi connectivity index (χ3v) is 4.76. The Morgan fingerprint density at radius 3 is 2.86 bits per heavy atom. The Morgan fingerprint density at radius 1 is 1.23 bits per heavy atom. The van der Waals surface area contributed by atoms with Crippen LogP contribution in [0.1, 0.15) is 23.3 Å². The van der Waals surface area contributed by atoms with Gasteiger partial charge in [0.05, 0.1) is 4.92 Å². The van der Waals surface area contributed by atoms with E-state index in [1.807, 2.05) is 24.3 Å². The van der Waals surface area contributed by atoms with Crippen LogP contribution in [0.4, 0.5) is 5.69 Å². The molecule has 0 saturated carbocycles. The largest absolute Gasteiger partial charge is 0.454 e. The molecule has 1 heterocycles. The smallest absolute Gasteiger partial charge is 0.269 e. The van der Waals surface area contributed by atoms with Crippen LogP contribution in [-0.2, 0) is 5.75 Å². The average Bonchev–Trinajstić information content (AvgIpc) is 3.00. The van der Waals surface area contributed by atoms with Crippen LogP contribution in [0, 0.1) is 10.1 Å². The van der Waals surface area contributed by atoms with Gasteiger partial charge in [-0.25, -0.2) is 0 Å². The number of nitrogens with zero attached hydrogens (tertiary/aromatic N) is 1. The van der Waals surface area contributed by atoms with E-state index in [4.69, 9.17) is 9.47 Å². The van der Waals surface area contributed by atoms with Gasteiger partial charge in [0.1, 0.15) is 0 Å². The maximum atomic E-state index is 10.8. The minimum atomic E-state index is -0.362. The molecular formula is C16H15NO4S. The molecule has 0 aromatic heterocycles. The zero-order valence-electron chi connectivity index (χ0n) is 12.0. The van der Waals surface area contributed by atoms with Gasteiger partial charge in [-0.15, -0.1) is 11.8 Å². The molecule has 1 aliphatic heterocycles. The Labute approximate surface area is 132 Å². The monoisotopic (exact) mass is 317 g/mol. The molecule has 0 bridgehead atoms. The standard InChI is InChI=1S/C16H15NO4S/c1-11(13-3-2-4-14(8-13)17(18)19)22-9-12-5-6-15-16(7-12)21-10-20-15/h2-8,11H,9-10H2,1H3/t11-/m1/s1. The van der Waals surface area contributed by atoms with Crippen molar-refractivity contribution in [1.29, 1.82) is 0 Å². The quantitative estimate of drug-likeness (QED) is 0.607. The summed E-state index contributed by atoms with van der Waals surface area (Å²) < 4.78 is 10.7. The average molecular weight is 317 g/mol. The number of hydrogen-bond donors (Lipinski definition) is 0. The van der Waals surface area contributed by atoms with Crippen LogP contribution in [-0.4, -0.2) is 11.7 Å². The molecule has 2 aromatic rings. The van der Waals surface area contributed by atoms with Gasteiger partial charge in [0, 0.05) is 23.1 Å². The molecule has 0 N–H and O–H groups in total. The molecule has 6 heteroatoms. The predicted molar refractivity (Wildman–Crippen MR) is 85.4 cm³/mol. The third-order valence-electron chi connectivity index (χ3n) is 3.49. The molecule has 22 heavy (non-hydrogen) atoms. The van der Waals surface area contributed by atoms with Gasteiger partial charge in [-0.1, -0.05) is 18.2 Å². The fourth-order valence-corrected chi connectivity index (χ4v) is 3.20. The van der Waals surface area contributed by atoms with Crippen molar-refractivity contribution < 1.29 is 14.4 Å². The Hall–Kier alpha value is -2.21. The minimum absolute atomic E-state index is 0.132. The highest BCUT2D eigenvalue weighted by Crippen LogP contribution is 2.36. The molecular weight excluding hydrogens is 302 g/mol. The number of thioether (sulfide) groups is 1. The summed E-state index contributed by atoms with van der Waals surface area (Å²) in [7, 11) is 0. The molecule has 0 fully saturated rings. The maximum absolute atomic E-state index is 10.8. The summed E-state index contributed by atoms with van der Waals surface area (Å²) in [4.78, 5) is 10.5. The van der Waals surface area contributed by atoms with E-state index in [9.17, 15) is 10.1 Å². The van der Waals surface area contributed by atoms with Crippen molar-refractivity contribution in [1.82, 2.24) is 0 Å². The van der Waals surface area contributed by atoms with Crippen LogP contribution in [0.5, 0.6) is 11.5 Å². The molecule has 0 spiro atoms. The Balaban J connectivity index is 1.66. The van der Waals surface area contributed by atoms with Crippen molar-refractivity contribution in [2.45, 2.75) is 17.9 Å². The first-order valence-electron chi connectivity index (χ1n) is 6.88. The van der Waals surface area contributed by atoms with Gasteiger partial charge in [0.15, 0.2) is 11.5 Å². The van der Waals surface area contributed by atoms with Crippen molar-refractivity contribution in [2.75, 3.05) is 6.79 Å². The van der Waals surface area contributed by atoms with Crippen LogP contribution in [0.2, 0.25) is 0 Å². The number of nitro benzene ring substituents is 1. The lowest BCUT2D eigenvalue weighted by Crippen LogP contribution is -1.93. The van der Waals surface area contributed by atoms with Crippen molar-refractivity contribution in [3.8, 4) is 11.5 Å². The number of nitro groups is 1. The molecule has 2 aromatic carbocycles. The SMILES string of the molecule is C[C@@H](SCc1ccc2c(c1)OCO2)c1cccc([N+](=O)[O-])c1. The van der Waals surface area contributed by atoms with E-state index in [0.717, 1.165) is 28.4 Å². The van der Waals surface area contributed by atoms with Crippen molar-refractivity contribution in [3.63, 3.8) is 0 Å². The van der Waals surface area contributed by atoms with E-state index in [0.29, 0.717) is 0 Å². The number of rotatable bonds is 5. The van der Waals surface area contributed by atoms with Gasteiger partial charge in [-0.05, 0) is 30.2 Å². The van der Waals surface area contributed by atoms with E-state index in [2.05, 4.69) is 6.92 Å². The molecule has 0 radical (unpaired) electrons. The molecule has 3 rings (SSSR count). The number of hydrogen-bond acceptors (Lipinski definition) is 5. The lowest BCUT2D eigenvalue weighted by molar-refractivity contribution is -0.384. The van der Waals surface area contributed by atoms with E-state index in [1.54, 1.807) is 23.9 Å². The van der Waals surface area contributed by atoms with Crippen LogP contribution in [0.25, 0.3) is 0 Å². The Morgan fingerprint density at radius 2 is 2.05 bits per heavy atom. The van der Waals surface area contributed by atoms with Gasteiger partial charge < -0.3 is 9.47 Å². The molecule has 114 valence electrons. The summed E-state index contributed by atoms with van der Waals surface area (Å²) in [6.07, 6.45) is 0. The van der Waals surface area contributed by atoms with Crippen molar-refractivity contribution >= 4 is 17.4 Å². The summed E-state index contributed by atoms with van der Waals surface area (Å²) in [6.45, 7) is 2.33. The number of fused-ring (bicyclic) bond motifs is 1. The number of benzene rings is 2. The molecule has 5 nitrogen and oxygen atoms in total. The highest BCUT2D eigenvalue weighted by Gasteiger charge is 2.15. The van der Waals surface area contributed by atoms with Gasteiger partial charge >= 0.3 is 0 Å². The Kier molecular flexibility index (Phi) is 4.20. The van der Waals surface area contributed by atoms with Gasteiger partial charge in [0.25, 0.3) is 5.69 Å². The molecule has 0 aliphatic carbocycles. The van der Waals surface area contributed by atoms with Crippen LogP contribution in [0.3, 0.4) is 0 Å².